The average Bonchev–Trinajstić information content (AvgIpc) is 2.69. The molecule has 1 atom stereocenters. The summed E-state index contributed by atoms with van der Waals surface area (Å²) in [5, 5.41) is 11.6. The Morgan fingerprint density at radius 3 is 2.47 bits per heavy atom. The maximum atomic E-state index is 11.7. The Morgan fingerprint density at radius 1 is 1.35 bits per heavy atom. The molecule has 1 heterocycles. The minimum absolute atomic E-state index is 0.0993. The van der Waals surface area contributed by atoms with E-state index in [0.717, 1.165) is 19.4 Å². The summed E-state index contributed by atoms with van der Waals surface area (Å²) in [5.74, 6) is -1.33. The van der Waals surface area contributed by atoms with Crippen LogP contribution in [0.2, 0.25) is 0 Å². The number of likely N-dealkylation sites (tertiary alicyclic amines) is 1. The topological polar surface area (TPSA) is 69.6 Å². The highest BCUT2D eigenvalue weighted by atomic mass is 16.4. The number of carbonyl (C=O) groups excluding carboxylic acids is 1. The number of carboxylic acids is 1. The van der Waals surface area contributed by atoms with Gasteiger partial charge in [0.15, 0.2) is 0 Å². The molecule has 5 nitrogen and oxygen atoms in total. The lowest BCUT2D eigenvalue weighted by atomic mass is 10.1. The summed E-state index contributed by atoms with van der Waals surface area (Å²) in [6, 6.07) is 0.372. The van der Waals surface area contributed by atoms with Crippen molar-refractivity contribution >= 4 is 11.9 Å². The van der Waals surface area contributed by atoms with Crippen LogP contribution in [-0.4, -0.2) is 48.1 Å². The van der Waals surface area contributed by atoms with Gasteiger partial charge < -0.3 is 15.3 Å². The average molecular weight is 240 g/mol. The molecule has 1 rings (SSSR count). The predicted molar refractivity (Wildman–Crippen MR) is 64.7 cm³/mol. The van der Waals surface area contributed by atoms with Crippen molar-refractivity contribution in [3.05, 3.63) is 11.1 Å². The Hall–Kier alpha value is -1.36. The molecule has 0 spiro atoms. The zero-order valence-electron chi connectivity index (χ0n) is 10.6. The molecule has 1 saturated heterocycles. The number of hydrogen-bond donors (Lipinski definition) is 2. The largest absolute Gasteiger partial charge is 0.478 e. The van der Waals surface area contributed by atoms with Gasteiger partial charge in [0, 0.05) is 23.7 Å². The van der Waals surface area contributed by atoms with Crippen molar-refractivity contribution in [1.82, 2.24) is 10.2 Å². The van der Waals surface area contributed by atoms with Crippen molar-refractivity contribution in [3.63, 3.8) is 0 Å². The highest BCUT2D eigenvalue weighted by Gasteiger charge is 2.21. The smallest absolute Gasteiger partial charge is 0.331 e. The fourth-order valence-corrected chi connectivity index (χ4v) is 1.91. The van der Waals surface area contributed by atoms with Crippen molar-refractivity contribution in [3.8, 4) is 0 Å². The summed E-state index contributed by atoms with van der Waals surface area (Å²) in [6.07, 6.45) is 2.23. The summed E-state index contributed by atoms with van der Waals surface area (Å²) in [5.41, 5.74) is 0.375. The molecule has 96 valence electrons. The van der Waals surface area contributed by atoms with Gasteiger partial charge in [-0.25, -0.2) is 4.79 Å². The molecule has 0 aromatic carbocycles. The lowest BCUT2D eigenvalue weighted by Gasteiger charge is -2.19. The number of nitrogens with zero attached hydrogens (tertiary/aromatic N) is 1. The Morgan fingerprint density at radius 2 is 2.00 bits per heavy atom. The lowest BCUT2D eigenvalue weighted by Crippen LogP contribution is -2.38. The van der Waals surface area contributed by atoms with E-state index in [1.54, 1.807) is 0 Å². The number of aliphatic carboxylic acids is 1. The summed E-state index contributed by atoms with van der Waals surface area (Å²) in [4.78, 5) is 24.6. The molecule has 17 heavy (non-hydrogen) atoms. The van der Waals surface area contributed by atoms with Crippen LogP contribution in [0.5, 0.6) is 0 Å². The first-order chi connectivity index (χ1) is 7.93. The van der Waals surface area contributed by atoms with Crippen LogP contribution in [0.4, 0.5) is 0 Å². The number of nitrogens with one attached hydrogen (secondary N) is 1. The number of carboxylic acid groups (broad SMARTS) is 1. The number of rotatable bonds is 4. The standard InChI is InChI=1S/C12H20N2O3/c1-8(9(2)12(16)17)11(15)13-7-10-5-4-6-14(10)3/h10H,4-7H2,1-3H3,(H,13,15)(H,16,17). The van der Waals surface area contributed by atoms with Crippen molar-refractivity contribution in [2.24, 2.45) is 0 Å². The molecular formula is C12H20N2O3. The minimum atomic E-state index is -1.05. The zero-order valence-corrected chi connectivity index (χ0v) is 10.6. The van der Waals surface area contributed by atoms with Gasteiger partial charge in [-0.2, -0.15) is 0 Å². The molecule has 0 radical (unpaired) electrons. The third kappa shape index (κ3) is 3.56. The van der Waals surface area contributed by atoms with Gasteiger partial charge >= 0.3 is 5.97 Å². The van der Waals surface area contributed by atoms with Gasteiger partial charge in [-0.05, 0) is 40.3 Å². The van der Waals surface area contributed by atoms with E-state index in [1.165, 1.54) is 13.8 Å². The molecule has 5 heteroatoms. The van der Waals surface area contributed by atoms with Crippen LogP contribution in [0.3, 0.4) is 0 Å². The van der Waals surface area contributed by atoms with E-state index in [4.69, 9.17) is 5.11 Å². The van der Waals surface area contributed by atoms with Gasteiger partial charge in [-0.15, -0.1) is 0 Å². The molecule has 0 bridgehead atoms. The predicted octanol–water partition coefficient (Wildman–Crippen LogP) is 0.618. The molecule has 2 N–H and O–H groups in total. The third-order valence-electron chi connectivity index (χ3n) is 3.39. The first-order valence-corrected chi connectivity index (χ1v) is 5.82. The number of likely N-dealkylation sites (N-methyl/N-ethyl adjacent to an activating group) is 1. The molecule has 0 aromatic heterocycles. The second-order valence-electron chi connectivity index (χ2n) is 4.54. The molecule has 0 aliphatic carbocycles. The molecule has 1 unspecified atom stereocenters. The zero-order chi connectivity index (χ0) is 13.0. The Kier molecular flexibility index (Phi) is 4.69. The maximum absolute atomic E-state index is 11.7. The van der Waals surface area contributed by atoms with Crippen LogP contribution < -0.4 is 5.32 Å². The Labute approximate surface area is 101 Å². The molecule has 1 fully saturated rings. The van der Waals surface area contributed by atoms with Crippen LogP contribution in [-0.2, 0) is 9.59 Å². The molecule has 1 aliphatic heterocycles. The molecule has 1 aliphatic rings. The first-order valence-electron chi connectivity index (χ1n) is 5.82. The van der Waals surface area contributed by atoms with E-state index in [9.17, 15) is 9.59 Å². The van der Waals surface area contributed by atoms with E-state index in [-0.39, 0.29) is 17.1 Å². The van der Waals surface area contributed by atoms with E-state index in [2.05, 4.69) is 10.2 Å². The summed E-state index contributed by atoms with van der Waals surface area (Å²) < 4.78 is 0. The van der Waals surface area contributed by atoms with Gasteiger partial charge in [0.2, 0.25) is 5.91 Å². The highest BCUT2D eigenvalue weighted by molar-refractivity contribution is 6.01. The molecule has 0 aromatic rings. The second-order valence-corrected chi connectivity index (χ2v) is 4.54. The van der Waals surface area contributed by atoms with Crippen LogP contribution in [0, 0.1) is 0 Å². The fourth-order valence-electron chi connectivity index (χ4n) is 1.91. The van der Waals surface area contributed by atoms with E-state index in [0.29, 0.717) is 12.6 Å². The number of carbonyl (C=O) groups is 2. The summed E-state index contributed by atoms with van der Waals surface area (Å²) in [6.45, 7) is 4.62. The van der Waals surface area contributed by atoms with Crippen molar-refractivity contribution < 1.29 is 14.7 Å². The van der Waals surface area contributed by atoms with Gasteiger partial charge in [-0.1, -0.05) is 0 Å². The maximum Gasteiger partial charge on any atom is 0.331 e. The van der Waals surface area contributed by atoms with Gasteiger partial charge in [-0.3, -0.25) is 4.79 Å². The van der Waals surface area contributed by atoms with E-state index in [1.807, 2.05) is 7.05 Å². The third-order valence-corrected chi connectivity index (χ3v) is 3.39. The highest BCUT2D eigenvalue weighted by Crippen LogP contribution is 2.13. The number of hydrogen-bond acceptors (Lipinski definition) is 3. The van der Waals surface area contributed by atoms with Gasteiger partial charge in [0.1, 0.15) is 0 Å². The van der Waals surface area contributed by atoms with Crippen LogP contribution in [0.15, 0.2) is 11.1 Å². The normalized spacial score (nSPS) is 22.2. The van der Waals surface area contributed by atoms with Crippen LogP contribution in [0.1, 0.15) is 26.7 Å². The fraction of sp³-hybridized carbons (Fsp3) is 0.667. The first kappa shape index (κ1) is 13.7. The van der Waals surface area contributed by atoms with Crippen molar-refractivity contribution in [1.29, 1.82) is 0 Å². The van der Waals surface area contributed by atoms with Crippen LogP contribution >= 0.6 is 0 Å². The SMILES string of the molecule is CC(C(=O)O)=C(C)C(=O)NCC1CCCN1C. The van der Waals surface area contributed by atoms with Crippen molar-refractivity contribution in [2.75, 3.05) is 20.1 Å². The quantitative estimate of drug-likeness (QED) is 0.707. The second kappa shape index (κ2) is 5.82. The molecule has 1 amide bonds. The number of amides is 1. The Balaban J connectivity index is 2.50. The summed E-state index contributed by atoms with van der Waals surface area (Å²) in [7, 11) is 2.04. The lowest BCUT2D eigenvalue weighted by molar-refractivity contribution is -0.133. The molecular weight excluding hydrogens is 220 g/mol. The van der Waals surface area contributed by atoms with Crippen LogP contribution in [0.25, 0.3) is 0 Å². The van der Waals surface area contributed by atoms with E-state index >= 15 is 0 Å². The minimum Gasteiger partial charge on any atom is -0.478 e. The van der Waals surface area contributed by atoms with Gasteiger partial charge in [0.05, 0.1) is 0 Å². The summed E-state index contributed by atoms with van der Waals surface area (Å²) >= 11 is 0. The van der Waals surface area contributed by atoms with Gasteiger partial charge in [0.25, 0.3) is 0 Å². The Bertz CT molecular complexity index is 350. The monoisotopic (exact) mass is 240 g/mol. The van der Waals surface area contributed by atoms with E-state index < -0.39 is 5.97 Å². The molecule has 0 saturated carbocycles. The van der Waals surface area contributed by atoms with Crippen molar-refractivity contribution in [2.45, 2.75) is 32.7 Å².